The van der Waals surface area contributed by atoms with Crippen molar-refractivity contribution in [2.75, 3.05) is 6.61 Å². The van der Waals surface area contributed by atoms with E-state index in [2.05, 4.69) is 15.0 Å². The van der Waals surface area contributed by atoms with Crippen LogP contribution < -0.4 is 31.8 Å². The second kappa shape index (κ2) is 17.5. The summed E-state index contributed by atoms with van der Waals surface area (Å²) in [6, 6.07) is 10.5. The Hall–Kier alpha value is -4.45. The molecule has 270 valence electrons. The SMILES string of the molecule is CC(=O)Oc1ccc(COP(=O)(OCc2ccc(OC(C)=O)cc2)OP(=O)([O-])OC[C@H]2O[C@@H](n3cc(C)c(=O)[nH]c3=O)C[C@@H]2N=[N+]=[N-])cc1.[NH4+]. The number of phosphoric ester groups is 2. The molecule has 3 aromatic rings. The average Bonchev–Trinajstić information content (AvgIpc) is 3.43. The summed E-state index contributed by atoms with van der Waals surface area (Å²) in [4.78, 5) is 64.3. The molecule has 0 amide bonds. The molecule has 1 saturated heterocycles. The van der Waals surface area contributed by atoms with Crippen LogP contribution in [0.4, 0.5) is 0 Å². The average molecular weight is 741 g/mol. The van der Waals surface area contributed by atoms with Gasteiger partial charge in [-0.2, -0.15) is 0 Å². The van der Waals surface area contributed by atoms with Crippen molar-refractivity contribution in [1.82, 2.24) is 15.7 Å². The molecule has 2 heterocycles. The molecule has 1 aliphatic heterocycles. The van der Waals surface area contributed by atoms with Gasteiger partial charge in [-0.1, -0.05) is 29.4 Å². The minimum atomic E-state index is -5.53. The second-order valence-electron chi connectivity index (χ2n) is 10.4. The van der Waals surface area contributed by atoms with Gasteiger partial charge < -0.3 is 29.8 Å². The molecule has 20 nitrogen and oxygen atoms in total. The Kier molecular flexibility index (Phi) is 14.0. The lowest BCUT2D eigenvalue weighted by Gasteiger charge is -2.28. The van der Waals surface area contributed by atoms with E-state index in [1.54, 1.807) is 0 Å². The topological polar surface area (TPSA) is 296 Å². The van der Waals surface area contributed by atoms with Crippen LogP contribution in [0.15, 0.2) is 69.4 Å². The van der Waals surface area contributed by atoms with Crippen molar-refractivity contribution in [2.24, 2.45) is 5.11 Å². The van der Waals surface area contributed by atoms with Crippen molar-refractivity contribution >= 4 is 27.6 Å². The van der Waals surface area contributed by atoms with Gasteiger partial charge in [0.25, 0.3) is 13.4 Å². The van der Waals surface area contributed by atoms with Crippen LogP contribution in [0.25, 0.3) is 10.4 Å². The number of nitrogens with one attached hydrogen (secondary N) is 1. The zero-order valence-electron chi connectivity index (χ0n) is 27.2. The number of aromatic nitrogens is 2. The number of carbonyl (C=O) groups excluding carboxylic acids is 2. The smallest absolute Gasteiger partial charge is 0.481 e. The van der Waals surface area contributed by atoms with Gasteiger partial charge in [-0.15, -0.1) is 0 Å². The maximum atomic E-state index is 13.7. The summed E-state index contributed by atoms with van der Waals surface area (Å²) in [5, 5.41) is 3.59. The molecule has 50 heavy (non-hydrogen) atoms. The zero-order chi connectivity index (χ0) is 35.8. The predicted octanol–water partition coefficient (Wildman–Crippen LogP) is 4.08. The molecule has 0 spiro atoms. The summed E-state index contributed by atoms with van der Waals surface area (Å²) in [5.41, 5.74) is 8.53. The van der Waals surface area contributed by atoms with Gasteiger partial charge >= 0.3 is 25.5 Å². The monoisotopic (exact) mass is 740 g/mol. The number of esters is 2. The molecule has 1 fully saturated rings. The highest BCUT2D eigenvalue weighted by Crippen LogP contribution is 2.62. The number of rotatable bonds is 15. The Labute approximate surface area is 283 Å². The van der Waals surface area contributed by atoms with Gasteiger partial charge in [-0.25, -0.2) is 13.7 Å². The molecular formula is C28H34N6O14P2. The molecular weight excluding hydrogens is 706 g/mol. The number of aromatic amines is 1. The van der Waals surface area contributed by atoms with Crippen LogP contribution in [0.2, 0.25) is 0 Å². The normalized spacial score (nSPS) is 18.3. The van der Waals surface area contributed by atoms with E-state index in [-0.39, 0.29) is 29.6 Å². The summed E-state index contributed by atoms with van der Waals surface area (Å²) in [6.45, 7) is 2.13. The fraction of sp³-hybridized carbons (Fsp3) is 0.357. The van der Waals surface area contributed by atoms with Crippen LogP contribution in [0.5, 0.6) is 11.5 Å². The predicted molar refractivity (Wildman–Crippen MR) is 171 cm³/mol. The van der Waals surface area contributed by atoms with E-state index in [0.29, 0.717) is 11.1 Å². The zero-order valence-corrected chi connectivity index (χ0v) is 28.9. The van der Waals surface area contributed by atoms with Crippen molar-refractivity contribution in [3.05, 3.63) is 103 Å². The third-order valence-electron chi connectivity index (χ3n) is 6.61. The Morgan fingerprint density at radius 3 is 1.98 bits per heavy atom. The van der Waals surface area contributed by atoms with E-state index in [4.69, 9.17) is 37.6 Å². The van der Waals surface area contributed by atoms with Crippen LogP contribution in [-0.2, 0) is 54.6 Å². The van der Waals surface area contributed by atoms with Gasteiger partial charge in [0.05, 0.1) is 32.0 Å². The third-order valence-corrected chi connectivity index (χ3v) is 9.56. The number of aryl methyl sites for hydroxylation is 1. The highest BCUT2D eigenvalue weighted by molar-refractivity contribution is 7.61. The van der Waals surface area contributed by atoms with Crippen LogP contribution >= 0.6 is 15.6 Å². The first kappa shape index (κ1) is 40.0. The van der Waals surface area contributed by atoms with Crippen molar-refractivity contribution in [2.45, 2.75) is 58.8 Å². The van der Waals surface area contributed by atoms with E-state index in [1.165, 1.54) is 75.5 Å². The standard InChI is InChI=1S/C28H31N5O14P2.H3N/c1-17-13-33(28(37)30-27(17)36)26-12-24(31-32-29)25(46-26)16-41-48(38,39)47-49(40,42-14-20-4-8-22(9-5-20)44-18(2)34)43-15-21-6-10-23(11-7-21)45-19(3)35;/h4-11,13,24-26H,12,14-16H2,1-3H3,(H,38,39)(H,30,36,37);1H3/t24-,25+,26+;/m0./s1. The van der Waals surface area contributed by atoms with Crippen molar-refractivity contribution in [1.29, 1.82) is 0 Å². The van der Waals surface area contributed by atoms with E-state index >= 15 is 0 Å². The Bertz CT molecular complexity index is 1860. The Balaban J connectivity index is 0.00000676. The van der Waals surface area contributed by atoms with Gasteiger partial charge in [0.1, 0.15) is 17.7 Å². The van der Waals surface area contributed by atoms with Crippen LogP contribution in [0, 0.1) is 6.92 Å². The molecule has 22 heteroatoms. The number of azide groups is 1. The minimum absolute atomic E-state index is 0. The maximum absolute atomic E-state index is 13.7. The summed E-state index contributed by atoms with van der Waals surface area (Å²) in [6.07, 6.45) is -1.12. The van der Waals surface area contributed by atoms with E-state index in [1.807, 2.05) is 0 Å². The molecule has 1 unspecified atom stereocenters. The van der Waals surface area contributed by atoms with E-state index in [0.717, 1.165) is 4.57 Å². The van der Waals surface area contributed by atoms with Crippen LogP contribution in [0.1, 0.15) is 43.2 Å². The Morgan fingerprint density at radius 1 is 0.980 bits per heavy atom. The molecule has 1 aliphatic rings. The summed E-state index contributed by atoms with van der Waals surface area (Å²) < 4.78 is 63.8. The number of H-pyrrole nitrogens is 1. The summed E-state index contributed by atoms with van der Waals surface area (Å²) in [5.74, 6) is -0.658. The number of hydrogen-bond acceptors (Lipinski definition) is 15. The molecule has 5 N–H and O–H groups in total. The molecule has 4 atom stereocenters. The largest absolute Gasteiger partial charge is 0.756 e. The summed E-state index contributed by atoms with van der Waals surface area (Å²) >= 11 is 0. The highest BCUT2D eigenvalue weighted by Gasteiger charge is 2.39. The fourth-order valence-corrected chi connectivity index (χ4v) is 6.93. The first-order valence-electron chi connectivity index (χ1n) is 14.3. The molecule has 0 radical (unpaired) electrons. The van der Waals surface area contributed by atoms with Crippen LogP contribution in [0.3, 0.4) is 0 Å². The van der Waals surface area contributed by atoms with Crippen molar-refractivity contribution < 1.29 is 55.7 Å². The molecule has 0 aliphatic carbocycles. The second-order valence-corrected chi connectivity index (χ2v) is 13.6. The lowest BCUT2D eigenvalue weighted by atomic mass is 10.1. The van der Waals surface area contributed by atoms with Crippen molar-refractivity contribution in [3.8, 4) is 11.5 Å². The van der Waals surface area contributed by atoms with Gasteiger partial charge in [-0.3, -0.25) is 37.5 Å². The highest BCUT2D eigenvalue weighted by atomic mass is 31.3. The Morgan fingerprint density at radius 2 is 1.50 bits per heavy atom. The van der Waals surface area contributed by atoms with E-state index in [9.17, 15) is 33.2 Å². The molecule has 1 aromatic heterocycles. The number of carbonyl (C=O) groups is 2. The molecule has 4 rings (SSSR count). The van der Waals surface area contributed by atoms with Gasteiger partial charge in [0.15, 0.2) is 0 Å². The number of phosphoric acid groups is 2. The fourth-order valence-electron chi connectivity index (χ4n) is 4.37. The van der Waals surface area contributed by atoms with Gasteiger partial charge in [0, 0.05) is 36.9 Å². The van der Waals surface area contributed by atoms with Crippen molar-refractivity contribution in [3.63, 3.8) is 0 Å². The first-order valence-corrected chi connectivity index (χ1v) is 17.2. The number of benzene rings is 2. The summed E-state index contributed by atoms with van der Waals surface area (Å²) in [7, 11) is -10.5. The number of nitrogens with zero attached hydrogens (tertiary/aromatic N) is 4. The maximum Gasteiger partial charge on any atom is 0.481 e. The minimum Gasteiger partial charge on any atom is -0.756 e. The first-order chi connectivity index (χ1) is 23.1. The molecule has 0 bridgehead atoms. The number of quaternary nitrogens is 1. The third kappa shape index (κ3) is 11.6. The quantitative estimate of drug-likeness (QED) is 0.0554. The number of ether oxygens (including phenoxy) is 3. The van der Waals surface area contributed by atoms with Crippen LogP contribution in [-0.4, -0.2) is 40.2 Å². The van der Waals surface area contributed by atoms with Gasteiger partial charge in [0.2, 0.25) is 0 Å². The lowest BCUT2D eigenvalue weighted by Crippen LogP contribution is -2.33. The molecule has 0 saturated carbocycles. The number of hydrogen-bond donors (Lipinski definition) is 2. The lowest BCUT2D eigenvalue weighted by molar-refractivity contribution is -0.221. The van der Waals surface area contributed by atoms with E-state index < -0.39 is 77.0 Å². The van der Waals surface area contributed by atoms with Gasteiger partial charge in [-0.05, 0) is 47.8 Å². The molecule has 2 aromatic carbocycles.